The highest BCUT2D eigenvalue weighted by Crippen LogP contribution is 2.21. The lowest BCUT2D eigenvalue weighted by atomic mass is 9.93. The van der Waals surface area contributed by atoms with Crippen molar-refractivity contribution in [2.75, 3.05) is 26.7 Å². The van der Waals surface area contributed by atoms with Crippen molar-refractivity contribution >= 4 is 13.3 Å². The Hall–Kier alpha value is -0.643. The Labute approximate surface area is 131 Å². The summed E-state index contributed by atoms with van der Waals surface area (Å²) in [6, 6.07) is 9.42. The van der Waals surface area contributed by atoms with Crippen LogP contribution in [0.15, 0.2) is 24.3 Å². The topological polar surface area (TPSA) is 15.3 Å². The summed E-state index contributed by atoms with van der Waals surface area (Å²) in [6.07, 6.45) is 4.08. The van der Waals surface area contributed by atoms with Crippen molar-refractivity contribution in [3.63, 3.8) is 0 Å². The van der Waals surface area contributed by atoms with E-state index in [9.17, 15) is 0 Å². The van der Waals surface area contributed by atoms with E-state index in [2.05, 4.69) is 61.2 Å². The first-order chi connectivity index (χ1) is 9.99. The molecule has 0 bridgehead atoms. The monoisotopic (exact) mass is 304 g/mol. The van der Waals surface area contributed by atoms with Crippen molar-refractivity contribution in [2.45, 2.75) is 45.4 Å². The Morgan fingerprint density at radius 3 is 2.24 bits per heavy atom. The van der Waals surface area contributed by atoms with Crippen LogP contribution in [0, 0.1) is 5.92 Å². The lowest BCUT2D eigenvalue weighted by Crippen LogP contribution is -2.37. The fraction of sp³-hybridized carbons (Fsp3) is 0.667. The van der Waals surface area contributed by atoms with Crippen LogP contribution in [0.2, 0.25) is 19.6 Å². The molecule has 2 nitrogen and oxygen atoms in total. The summed E-state index contributed by atoms with van der Waals surface area (Å²) in [4.78, 5) is 2.62. The van der Waals surface area contributed by atoms with Gasteiger partial charge in [-0.3, -0.25) is 4.90 Å². The molecule has 1 aliphatic rings. The van der Waals surface area contributed by atoms with Gasteiger partial charge in [-0.05, 0) is 57.4 Å². The van der Waals surface area contributed by atoms with E-state index in [0.29, 0.717) is 0 Å². The minimum atomic E-state index is -1.15. The molecule has 0 amide bonds. The van der Waals surface area contributed by atoms with E-state index in [1.54, 1.807) is 5.19 Å². The molecule has 0 spiro atoms. The summed E-state index contributed by atoms with van der Waals surface area (Å²) in [5, 5.41) is 4.84. The molecule has 1 fully saturated rings. The molecule has 0 saturated carbocycles. The van der Waals surface area contributed by atoms with Crippen LogP contribution in [0.3, 0.4) is 0 Å². The molecule has 1 saturated heterocycles. The Morgan fingerprint density at radius 2 is 1.71 bits per heavy atom. The van der Waals surface area contributed by atoms with Crippen molar-refractivity contribution < 1.29 is 0 Å². The molecule has 1 aromatic rings. The maximum Gasteiger partial charge on any atom is 0.0775 e. The standard InChI is InChI=1S/C18H32N2Si/c1-19-12-9-16-10-13-20(14-11-16)15-17-5-7-18(8-6-17)21(2,3)4/h5-8,16,19H,9-15H2,1-4H3. The highest BCUT2D eigenvalue weighted by atomic mass is 28.3. The Morgan fingerprint density at radius 1 is 1.10 bits per heavy atom. The van der Waals surface area contributed by atoms with Crippen LogP contribution in [0.5, 0.6) is 0 Å². The molecule has 1 aliphatic heterocycles. The maximum absolute atomic E-state index is 3.27. The van der Waals surface area contributed by atoms with E-state index in [1.807, 2.05) is 0 Å². The molecule has 2 rings (SSSR count). The molecule has 0 atom stereocenters. The fourth-order valence-corrected chi connectivity index (χ4v) is 4.32. The van der Waals surface area contributed by atoms with Crippen LogP contribution in [0.25, 0.3) is 0 Å². The molecule has 0 radical (unpaired) electrons. The van der Waals surface area contributed by atoms with Crippen molar-refractivity contribution in [3.8, 4) is 0 Å². The summed E-state index contributed by atoms with van der Waals surface area (Å²) in [5.41, 5.74) is 1.48. The molecule has 0 aliphatic carbocycles. The van der Waals surface area contributed by atoms with Crippen molar-refractivity contribution in [3.05, 3.63) is 29.8 Å². The second kappa shape index (κ2) is 7.57. The highest BCUT2D eigenvalue weighted by molar-refractivity contribution is 6.88. The van der Waals surface area contributed by atoms with Crippen LogP contribution >= 0.6 is 0 Å². The van der Waals surface area contributed by atoms with Gasteiger partial charge in [0.2, 0.25) is 0 Å². The van der Waals surface area contributed by atoms with Gasteiger partial charge in [0.25, 0.3) is 0 Å². The first-order valence-corrected chi connectivity index (χ1v) is 12.0. The zero-order chi connectivity index (χ0) is 15.3. The van der Waals surface area contributed by atoms with E-state index < -0.39 is 8.07 Å². The predicted molar refractivity (Wildman–Crippen MR) is 96.0 cm³/mol. The Balaban J connectivity index is 1.81. The third-order valence-corrected chi connectivity index (χ3v) is 6.80. The van der Waals surface area contributed by atoms with E-state index in [1.165, 1.54) is 44.5 Å². The molecule has 118 valence electrons. The van der Waals surface area contributed by atoms with Crippen molar-refractivity contribution in [1.29, 1.82) is 0 Å². The summed E-state index contributed by atoms with van der Waals surface area (Å²) in [6.45, 7) is 12.1. The molecule has 0 unspecified atom stereocenters. The third-order valence-electron chi connectivity index (χ3n) is 4.74. The molecule has 3 heteroatoms. The minimum Gasteiger partial charge on any atom is -0.320 e. The van der Waals surface area contributed by atoms with Gasteiger partial charge in [0, 0.05) is 6.54 Å². The average molecular weight is 305 g/mol. The molecule has 0 aromatic heterocycles. The van der Waals surface area contributed by atoms with Gasteiger partial charge in [0.05, 0.1) is 8.07 Å². The van der Waals surface area contributed by atoms with Crippen molar-refractivity contribution in [1.82, 2.24) is 10.2 Å². The van der Waals surface area contributed by atoms with Crippen LogP contribution in [0.1, 0.15) is 24.8 Å². The smallest absolute Gasteiger partial charge is 0.0775 e. The number of nitrogens with zero attached hydrogens (tertiary/aromatic N) is 1. The van der Waals surface area contributed by atoms with Gasteiger partial charge in [0.1, 0.15) is 0 Å². The molecule has 21 heavy (non-hydrogen) atoms. The molecule has 1 heterocycles. The van der Waals surface area contributed by atoms with Gasteiger partial charge in [-0.1, -0.05) is 49.1 Å². The highest BCUT2D eigenvalue weighted by Gasteiger charge is 2.19. The second-order valence-corrected chi connectivity index (χ2v) is 12.6. The van der Waals surface area contributed by atoms with Gasteiger partial charge in [-0.15, -0.1) is 0 Å². The summed E-state index contributed by atoms with van der Waals surface area (Å²) >= 11 is 0. The predicted octanol–water partition coefficient (Wildman–Crippen LogP) is 3.05. The zero-order valence-corrected chi connectivity index (χ0v) is 15.3. The zero-order valence-electron chi connectivity index (χ0n) is 14.3. The molecular weight excluding hydrogens is 272 g/mol. The number of hydrogen-bond donors (Lipinski definition) is 1. The lowest BCUT2D eigenvalue weighted by molar-refractivity contribution is 0.172. The molecule has 1 aromatic carbocycles. The third kappa shape index (κ3) is 5.24. The van der Waals surface area contributed by atoms with Crippen LogP contribution < -0.4 is 10.5 Å². The number of rotatable bonds is 6. The first-order valence-electron chi connectivity index (χ1n) is 8.45. The minimum absolute atomic E-state index is 0.933. The normalized spacial score (nSPS) is 18.1. The first kappa shape index (κ1) is 16.7. The fourth-order valence-electron chi connectivity index (χ4n) is 3.15. The van der Waals surface area contributed by atoms with Crippen molar-refractivity contribution in [2.24, 2.45) is 5.92 Å². The summed E-state index contributed by atoms with van der Waals surface area (Å²) < 4.78 is 0. The quantitative estimate of drug-likeness (QED) is 0.813. The van der Waals surface area contributed by atoms with E-state index in [0.717, 1.165) is 12.5 Å². The molecule has 1 N–H and O–H groups in total. The van der Waals surface area contributed by atoms with Gasteiger partial charge < -0.3 is 5.32 Å². The van der Waals surface area contributed by atoms with Gasteiger partial charge in [0.15, 0.2) is 0 Å². The van der Waals surface area contributed by atoms with Gasteiger partial charge in [-0.2, -0.15) is 0 Å². The molecular formula is C18H32N2Si. The average Bonchev–Trinajstić information content (AvgIpc) is 2.46. The Kier molecular flexibility index (Phi) is 6.03. The summed E-state index contributed by atoms with van der Waals surface area (Å²) in [5.74, 6) is 0.933. The van der Waals surface area contributed by atoms with E-state index in [-0.39, 0.29) is 0 Å². The summed E-state index contributed by atoms with van der Waals surface area (Å²) in [7, 11) is 0.905. The number of nitrogens with one attached hydrogen (secondary N) is 1. The SMILES string of the molecule is CNCCC1CCN(Cc2ccc([Si](C)(C)C)cc2)CC1. The number of piperidine rings is 1. The number of hydrogen-bond acceptors (Lipinski definition) is 2. The van der Waals surface area contributed by atoms with Crippen LogP contribution in [-0.4, -0.2) is 39.7 Å². The Bertz CT molecular complexity index is 414. The largest absolute Gasteiger partial charge is 0.320 e. The second-order valence-electron chi connectivity index (χ2n) is 7.56. The van der Waals surface area contributed by atoms with Gasteiger partial charge >= 0.3 is 0 Å². The van der Waals surface area contributed by atoms with E-state index >= 15 is 0 Å². The van der Waals surface area contributed by atoms with Crippen LogP contribution in [0.4, 0.5) is 0 Å². The number of benzene rings is 1. The number of likely N-dealkylation sites (tertiary alicyclic amines) is 1. The van der Waals surface area contributed by atoms with Gasteiger partial charge in [-0.25, -0.2) is 0 Å². The maximum atomic E-state index is 3.27. The van der Waals surface area contributed by atoms with Crippen LogP contribution in [-0.2, 0) is 6.54 Å². The van der Waals surface area contributed by atoms with E-state index in [4.69, 9.17) is 0 Å². The lowest BCUT2D eigenvalue weighted by Gasteiger charge is -2.32.